The average Bonchev–Trinajstić information content (AvgIpc) is 2.96. The van der Waals surface area contributed by atoms with Gasteiger partial charge in [-0.25, -0.2) is 9.69 Å². The van der Waals surface area contributed by atoms with Gasteiger partial charge < -0.3 is 24.6 Å². The average molecular weight is 553 g/mol. The number of carbonyl (C=O) groups excluding carboxylic acids is 3. The highest BCUT2D eigenvalue weighted by atomic mass is 16.5. The number of rotatable bonds is 13. The number of urea groups is 1. The third-order valence-corrected chi connectivity index (χ3v) is 7.80. The quantitative estimate of drug-likeness (QED) is 0.354. The van der Waals surface area contributed by atoms with Crippen molar-refractivity contribution in [1.82, 2.24) is 20.0 Å². The summed E-state index contributed by atoms with van der Waals surface area (Å²) in [4.78, 5) is 44.6. The first kappa shape index (κ1) is 30.9. The van der Waals surface area contributed by atoms with Gasteiger partial charge in [0.15, 0.2) is 6.23 Å². The van der Waals surface area contributed by atoms with Crippen molar-refractivity contribution in [1.29, 1.82) is 0 Å². The van der Waals surface area contributed by atoms with Crippen molar-refractivity contribution in [2.75, 3.05) is 41.3 Å². The molecule has 1 heterocycles. The van der Waals surface area contributed by atoms with E-state index in [0.717, 1.165) is 30.7 Å². The molecule has 0 unspecified atom stereocenters. The van der Waals surface area contributed by atoms with Crippen LogP contribution in [0.25, 0.3) is 0 Å². The van der Waals surface area contributed by atoms with Crippen LogP contribution in [-0.2, 0) is 4.79 Å². The maximum absolute atomic E-state index is 13.5. The van der Waals surface area contributed by atoms with Crippen molar-refractivity contribution >= 4 is 17.8 Å². The molecule has 0 aliphatic carbocycles. The number of likely N-dealkylation sites (tertiary alicyclic amines) is 1. The van der Waals surface area contributed by atoms with Gasteiger partial charge in [-0.1, -0.05) is 39.3 Å². The van der Waals surface area contributed by atoms with E-state index in [2.05, 4.69) is 12.2 Å². The summed E-state index contributed by atoms with van der Waals surface area (Å²) in [5.74, 6) is 0.916. The summed E-state index contributed by atoms with van der Waals surface area (Å²) in [5, 5.41) is 3.05. The molecule has 40 heavy (non-hydrogen) atoms. The summed E-state index contributed by atoms with van der Waals surface area (Å²) in [6.07, 6.45) is 1.91. The van der Waals surface area contributed by atoms with Gasteiger partial charge in [0.2, 0.25) is 5.91 Å². The number of amides is 4. The van der Waals surface area contributed by atoms with Crippen molar-refractivity contribution < 1.29 is 23.9 Å². The molecule has 3 rings (SSSR count). The molecular weight excluding hydrogens is 508 g/mol. The molecule has 1 fully saturated rings. The molecule has 0 spiro atoms. The van der Waals surface area contributed by atoms with Crippen molar-refractivity contribution in [3.8, 4) is 11.5 Å². The van der Waals surface area contributed by atoms with Crippen LogP contribution in [0.1, 0.15) is 68.4 Å². The molecule has 0 aromatic heterocycles. The van der Waals surface area contributed by atoms with Crippen LogP contribution < -0.4 is 14.8 Å². The summed E-state index contributed by atoms with van der Waals surface area (Å²) in [6.45, 7) is 7.32. The number of ether oxygens (including phenoxy) is 2. The molecule has 9 heteroatoms. The minimum Gasteiger partial charge on any atom is -0.497 e. The van der Waals surface area contributed by atoms with E-state index in [-0.39, 0.29) is 17.9 Å². The molecule has 0 bridgehead atoms. The number of β-lactam (4-membered cyclic amide) rings is 1. The van der Waals surface area contributed by atoms with E-state index in [0.29, 0.717) is 30.7 Å². The molecule has 1 aliphatic heterocycles. The van der Waals surface area contributed by atoms with Gasteiger partial charge in [0.05, 0.1) is 13.2 Å². The minimum absolute atomic E-state index is 0.0785. The number of methoxy groups -OCH3 is 1. The second kappa shape index (κ2) is 13.7. The number of imide groups is 1. The highest BCUT2D eigenvalue weighted by molar-refractivity contribution is 6.03. The topological polar surface area (TPSA) is 91.4 Å². The zero-order valence-corrected chi connectivity index (χ0v) is 24.9. The number of hydrogen-bond acceptors (Lipinski definition) is 6. The van der Waals surface area contributed by atoms with Gasteiger partial charge in [-0.05, 0) is 75.3 Å². The fourth-order valence-electron chi connectivity index (χ4n) is 5.04. The Bertz CT molecular complexity index is 1150. The van der Waals surface area contributed by atoms with Gasteiger partial charge >= 0.3 is 6.03 Å². The molecule has 2 atom stereocenters. The van der Waals surface area contributed by atoms with Crippen LogP contribution >= 0.6 is 0 Å². The molecule has 1 aliphatic rings. The fourth-order valence-corrected chi connectivity index (χ4v) is 5.04. The zero-order chi connectivity index (χ0) is 29.4. The van der Waals surface area contributed by atoms with Crippen molar-refractivity contribution in [2.45, 2.75) is 58.7 Å². The third-order valence-electron chi connectivity index (χ3n) is 7.80. The lowest BCUT2D eigenvalue weighted by atomic mass is 9.72. The minimum atomic E-state index is -0.793. The van der Waals surface area contributed by atoms with Crippen LogP contribution in [0.4, 0.5) is 4.79 Å². The van der Waals surface area contributed by atoms with Crippen LogP contribution in [0.3, 0.4) is 0 Å². The summed E-state index contributed by atoms with van der Waals surface area (Å²) in [6, 6.07) is 13.7. The van der Waals surface area contributed by atoms with Crippen LogP contribution in [0.2, 0.25) is 0 Å². The number of nitrogens with one attached hydrogen (secondary N) is 1. The Balaban J connectivity index is 1.77. The monoisotopic (exact) mass is 552 g/mol. The lowest BCUT2D eigenvalue weighted by molar-refractivity contribution is -0.191. The fraction of sp³-hybridized carbons (Fsp3) is 0.516. The Labute approximate surface area is 238 Å². The van der Waals surface area contributed by atoms with Crippen LogP contribution in [0, 0.1) is 5.41 Å². The summed E-state index contributed by atoms with van der Waals surface area (Å²) < 4.78 is 11.6. The maximum Gasteiger partial charge on any atom is 0.327 e. The maximum atomic E-state index is 13.5. The van der Waals surface area contributed by atoms with Gasteiger partial charge in [0.25, 0.3) is 5.91 Å². The molecular formula is C31H44N4O5. The predicted octanol–water partition coefficient (Wildman–Crippen LogP) is 4.93. The first-order valence-corrected chi connectivity index (χ1v) is 14.1. The van der Waals surface area contributed by atoms with E-state index < -0.39 is 17.7 Å². The third kappa shape index (κ3) is 6.58. The molecule has 218 valence electrons. The zero-order valence-electron chi connectivity index (χ0n) is 24.9. The molecule has 0 saturated carbocycles. The first-order chi connectivity index (χ1) is 19.1. The van der Waals surface area contributed by atoms with E-state index in [1.807, 2.05) is 57.1 Å². The van der Waals surface area contributed by atoms with Gasteiger partial charge in [0.1, 0.15) is 16.9 Å². The Morgan fingerprint density at radius 3 is 2.08 bits per heavy atom. The second-order valence-corrected chi connectivity index (χ2v) is 10.6. The number of likely N-dealkylation sites (N-methyl/N-ethyl adjacent to an activating group) is 2. The predicted molar refractivity (Wildman–Crippen MR) is 155 cm³/mol. The second-order valence-electron chi connectivity index (χ2n) is 10.6. The van der Waals surface area contributed by atoms with Gasteiger partial charge in [-0.2, -0.15) is 0 Å². The number of nitrogens with zero attached hydrogens (tertiary/aromatic N) is 3. The van der Waals surface area contributed by atoms with E-state index in [9.17, 15) is 14.4 Å². The Kier molecular flexibility index (Phi) is 10.6. The molecule has 1 N–H and O–H groups in total. The standard InChI is InChI=1S/C31H44N4O5/c1-8-11-26(22-12-16-24(39-7)17-13-22)32-30(38)35-28(37)31(9-2,10-3)29(35)40-25-18-14-23(15-19-25)27(36)34(6)21-20-33(4)5/h12-19,26,29H,8-11,20-21H2,1-7H3,(H,32,38)/t26-,29+/m1/s1. The number of carbonyl (C=O) groups is 3. The lowest BCUT2D eigenvalue weighted by Gasteiger charge is -2.53. The van der Waals surface area contributed by atoms with Crippen LogP contribution in [-0.4, -0.2) is 80.1 Å². The molecule has 4 amide bonds. The highest BCUT2D eigenvalue weighted by Crippen LogP contribution is 2.46. The molecule has 9 nitrogen and oxygen atoms in total. The van der Waals surface area contributed by atoms with Crippen molar-refractivity contribution in [3.63, 3.8) is 0 Å². The molecule has 1 saturated heterocycles. The van der Waals surface area contributed by atoms with Gasteiger partial charge in [0, 0.05) is 25.7 Å². The number of hydrogen-bond donors (Lipinski definition) is 1. The van der Waals surface area contributed by atoms with Gasteiger partial charge in [-0.15, -0.1) is 0 Å². The smallest absolute Gasteiger partial charge is 0.327 e. The van der Waals surface area contributed by atoms with Crippen molar-refractivity contribution in [2.24, 2.45) is 5.41 Å². The summed E-state index contributed by atoms with van der Waals surface area (Å²) in [5.41, 5.74) is 0.694. The largest absolute Gasteiger partial charge is 0.497 e. The molecule has 2 aromatic carbocycles. The molecule has 0 radical (unpaired) electrons. The normalized spacial score (nSPS) is 16.8. The van der Waals surface area contributed by atoms with E-state index in [1.54, 1.807) is 43.3 Å². The Hall–Kier alpha value is -3.59. The van der Waals surface area contributed by atoms with Gasteiger partial charge in [-0.3, -0.25) is 9.59 Å². The summed E-state index contributed by atoms with van der Waals surface area (Å²) >= 11 is 0. The Morgan fingerprint density at radius 2 is 1.55 bits per heavy atom. The van der Waals surface area contributed by atoms with E-state index >= 15 is 0 Å². The van der Waals surface area contributed by atoms with E-state index in [1.165, 1.54) is 4.90 Å². The van der Waals surface area contributed by atoms with E-state index in [4.69, 9.17) is 9.47 Å². The first-order valence-electron chi connectivity index (χ1n) is 14.1. The number of benzene rings is 2. The van der Waals surface area contributed by atoms with Crippen LogP contribution in [0.5, 0.6) is 11.5 Å². The van der Waals surface area contributed by atoms with Crippen LogP contribution in [0.15, 0.2) is 48.5 Å². The lowest BCUT2D eigenvalue weighted by Crippen LogP contribution is -2.73. The SMILES string of the molecule is CCC[C@@H](NC(=O)N1C(=O)C(CC)(CC)[C@@H]1Oc1ccc(C(=O)N(C)CCN(C)C)cc1)c1ccc(OC)cc1. The summed E-state index contributed by atoms with van der Waals surface area (Å²) in [7, 11) is 7.32. The van der Waals surface area contributed by atoms with Crippen molar-refractivity contribution in [3.05, 3.63) is 59.7 Å². The highest BCUT2D eigenvalue weighted by Gasteiger charge is 2.63. The molecule has 2 aromatic rings. The Morgan fingerprint density at radius 1 is 0.950 bits per heavy atom.